The zero-order valence-electron chi connectivity index (χ0n) is 12.8. The SMILES string of the molecule is CC(C)(C)CC(CN)C(=O)N1CCCC2CCCC21. The van der Waals surface area contributed by atoms with Gasteiger partial charge in [-0.1, -0.05) is 27.2 Å². The lowest BCUT2D eigenvalue weighted by molar-refractivity contribution is -0.141. The Morgan fingerprint density at radius 3 is 2.58 bits per heavy atom. The first-order valence-electron chi connectivity index (χ1n) is 7.93. The van der Waals surface area contributed by atoms with E-state index in [1.54, 1.807) is 0 Å². The van der Waals surface area contributed by atoms with Crippen molar-refractivity contribution in [1.29, 1.82) is 0 Å². The van der Waals surface area contributed by atoms with E-state index in [1.807, 2.05) is 0 Å². The Hall–Kier alpha value is -0.570. The monoisotopic (exact) mass is 266 g/mol. The Morgan fingerprint density at radius 1 is 1.26 bits per heavy atom. The van der Waals surface area contributed by atoms with Crippen LogP contribution in [0, 0.1) is 17.3 Å². The number of fused-ring (bicyclic) bond motifs is 1. The molecule has 2 fully saturated rings. The highest BCUT2D eigenvalue weighted by molar-refractivity contribution is 5.79. The van der Waals surface area contributed by atoms with Gasteiger partial charge in [0.2, 0.25) is 5.91 Å². The number of likely N-dealkylation sites (tertiary alicyclic amines) is 1. The summed E-state index contributed by atoms with van der Waals surface area (Å²) < 4.78 is 0. The Kier molecular flexibility index (Phi) is 4.54. The van der Waals surface area contributed by atoms with Gasteiger partial charge in [0.05, 0.1) is 5.92 Å². The zero-order valence-corrected chi connectivity index (χ0v) is 12.8. The number of carbonyl (C=O) groups excluding carboxylic acids is 1. The average Bonchev–Trinajstić information content (AvgIpc) is 2.81. The molecule has 0 aromatic carbocycles. The minimum Gasteiger partial charge on any atom is -0.339 e. The molecule has 1 saturated heterocycles. The summed E-state index contributed by atoms with van der Waals surface area (Å²) >= 11 is 0. The van der Waals surface area contributed by atoms with E-state index in [9.17, 15) is 4.79 Å². The molecule has 19 heavy (non-hydrogen) atoms. The topological polar surface area (TPSA) is 46.3 Å². The molecule has 2 N–H and O–H groups in total. The molecule has 0 aromatic rings. The summed E-state index contributed by atoms with van der Waals surface area (Å²) in [5.74, 6) is 1.11. The Morgan fingerprint density at radius 2 is 1.95 bits per heavy atom. The van der Waals surface area contributed by atoms with E-state index >= 15 is 0 Å². The average molecular weight is 266 g/mol. The summed E-state index contributed by atoms with van der Waals surface area (Å²) in [4.78, 5) is 15.0. The number of rotatable bonds is 3. The highest BCUT2D eigenvalue weighted by atomic mass is 16.2. The van der Waals surface area contributed by atoms with Crippen LogP contribution in [0.3, 0.4) is 0 Å². The van der Waals surface area contributed by atoms with Crippen molar-refractivity contribution >= 4 is 5.91 Å². The summed E-state index contributed by atoms with van der Waals surface area (Å²) in [5, 5.41) is 0. The number of amides is 1. The van der Waals surface area contributed by atoms with Crippen LogP contribution in [0.25, 0.3) is 0 Å². The normalized spacial score (nSPS) is 29.2. The van der Waals surface area contributed by atoms with Gasteiger partial charge in [-0.15, -0.1) is 0 Å². The van der Waals surface area contributed by atoms with E-state index in [-0.39, 0.29) is 11.3 Å². The Labute approximate surface area is 117 Å². The van der Waals surface area contributed by atoms with Crippen molar-refractivity contribution in [3.05, 3.63) is 0 Å². The summed E-state index contributed by atoms with van der Waals surface area (Å²) in [6.45, 7) is 8.02. The van der Waals surface area contributed by atoms with Crippen molar-refractivity contribution in [3.8, 4) is 0 Å². The van der Waals surface area contributed by atoms with Crippen LogP contribution < -0.4 is 5.73 Å². The van der Waals surface area contributed by atoms with Gasteiger partial charge in [-0.05, 0) is 43.4 Å². The van der Waals surface area contributed by atoms with Crippen LogP contribution in [-0.4, -0.2) is 29.9 Å². The van der Waals surface area contributed by atoms with E-state index in [1.165, 1.54) is 32.1 Å². The fraction of sp³-hybridized carbons (Fsp3) is 0.938. The van der Waals surface area contributed by atoms with Gasteiger partial charge in [0, 0.05) is 19.1 Å². The molecule has 0 aromatic heterocycles. The van der Waals surface area contributed by atoms with Crippen LogP contribution in [0.4, 0.5) is 0 Å². The lowest BCUT2D eigenvalue weighted by atomic mass is 9.83. The Balaban J connectivity index is 2.04. The lowest BCUT2D eigenvalue weighted by Crippen LogP contribution is -2.50. The quantitative estimate of drug-likeness (QED) is 0.854. The molecule has 1 amide bonds. The van der Waals surface area contributed by atoms with Gasteiger partial charge in [0.25, 0.3) is 0 Å². The predicted molar refractivity (Wildman–Crippen MR) is 78.7 cm³/mol. The minimum atomic E-state index is 0.0133. The predicted octanol–water partition coefficient (Wildman–Crippen LogP) is 2.79. The molecule has 3 atom stereocenters. The molecular weight excluding hydrogens is 236 g/mol. The molecule has 2 aliphatic rings. The van der Waals surface area contributed by atoms with Gasteiger partial charge in [0.15, 0.2) is 0 Å². The van der Waals surface area contributed by atoms with Gasteiger partial charge in [-0.2, -0.15) is 0 Å². The highest BCUT2D eigenvalue weighted by Gasteiger charge is 2.39. The van der Waals surface area contributed by atoms with Gasteiger partial charge in [0.1, 0.15) is 0 Å². The highest BCUT2D eigenvalue weighted by Crippen LogP contribution is 2.38. The molecule has 3 nitrogen and oxygen atoms in total. The molecule has 0 bridgehead atoms. The maximum absolute atomic E-state index is 12.8. The molecule has 0 radical (unpaired) electrons. The van der Waals surface area contributed by atoms with Crippen molar-refractivity contribution in [2.75, 3.05) is 13.1 Å². The second-order valence-electron chi connectivity index (χ2n) is 7.63. The maximum Gasteiger partial charge on any atom is 0.227 e. The molecule has 1 heterocycles. The number of hydrogen-bond acceptors (Lipinski definition) is 2. The van der Waals surface area contributed by atoms with Crippen LogP contribution >= 0.6 is 0 Å². The Bertz CT molecular complexity index is 321. The number of carbonyl (C=O) groups is 1. The molecule has 0 spiro atoms. The number of nitrogens with zero attached hydrogens (tertiary/aromatic N) is 1. The molecule has 2 rings (SSSR count). The van der Waals surface area contributed by atoms with Gasteiger partial charge < -0.3 is 10.6 Å². The van der Waals surface area contributed by atoms with E-state index in [0.717, 1.165) is 18.9 Å². The van der Waals surface area contributed by atoms with Crippen LogP contribution in [0.5, 0.6) is 0 Å². The lowest BCUT2D eigenvalue weighted by Gasteiger charge is -2.40. The second-order valence-corrected chi connectivity index (χ2v) is 7.63. The smallest absolute Gasteiger partial charge is 0.227 e. The van der Waals surface area contributed by atoms with Crippen LogP contribution in [0.2, 0.25) is 0 Å². The van der Waals surface area contributed by atoms with Crippen molar-refractivity contribution in [1.82, 2.24) is 4.90 Å². The fourth-order valence-corrected chi connectivity index (χ4v) is 3.97. The van der Waals surface area contributed by atoms with Crippen molar-refractivity contribution in [3.63, 3.8) is 0 Å². The van der Waals surface area contributed by atoms with Crippen molar-refractivity contribution in [2.45, 2.75) is 65.3 Å². The summed E-state index contributed by atoms with van der Waals surface area (Å²) in [5.41, 5.74) is 6.05. The summed E-state index contributed by atoms with van der Waals surface area (Å²) in [7, 11) is 0. The van der Waals surface area contributed by atoms with Crippen molar-refractivity contribution in [2.24, 2.45) is 23.0 Å². The number of hydrogen-bond donors (Lipinski definition) is 1. The van der Waals surface area contributed by atoms with Crippen molar-refractivity contribution < 1.29 is 4.79 Å². The first-order chi connectivity index (χ1) is 8.92. The third kappa shape index (κ3) is 3.50. The molecular formula is C16H30N2O. The third-order valence-corrected chi connectivity index (χ3v) is 4.77. The maximum atomic E-state index is 12.8. The third-order valence-electron chi connectivity index (χ3n) is 4.77. The fourth-order valence-electron chi connectivity index (χ4n) is 3.97. The van der Waals surface area contributed by atoms with Gasteiger partial charge in [-0.3, -0.25) is 4.79 Å². The molecule has 1 saturated carbocycles. The van der Waals surface area contributed by atoms with E-state index < -0.39 is 0 Å². The molecule has 110 valence electrons. The first-order valence-corrected chi connectivity index (χ1v) is 7.93. The second kappa shape index (κ2) is 5.82. The standard InChI is InChI=1S/C16H30N2O/c1-16(2,3)10-13(11-17)15(19)18-9-5-7-12-6-4-8-14(12)18/h12-14H,4-11,17H2,1-3H3. The number of piperidine rings is 1. The molecule has 3 unspecified atom stereocenters. The number of nitrogens with two attached hydrogens (primary N) is 1. The largest absolute Gasteiger partial charge is 0.339 e. The summed E-state index contributed by atoms with van der Waals surface area (Å²) in [6, 6.07) is 0.523. The van der Waals surface area contributed by atoms with E-state index in [4.69, 9.17) is 5.73 Å². The zero-order chi connectivity index (χ0) is 14.0. The molecule has 3 heteroatoms. The van der Waals surface area contributed by atoms with E-state index in [2.05, 4.69) is 25.7 Å². The van der Waals surface area contributed by atoms with E-state index in [0.29, 0.717) is 18.5 Å². The molecule has 1 aliphatic heterocycles. The van der Waals surface area contributed by atoms with Crippen LogP contribution in [-0.2, 0) is 4.79 Å². The van der Waals surface area contributed by atoms with Gasteiger partial charge >= 0.3 is 0 Å². The van der Waals surface area contributed by atoms with Crippen LogP contribution in [0.15, 0.2) is 0 Å². The molecule has 1 aliphatic carbocycles. The van der Waals surface area contributed by atoms with Gasteiger partial charge in [-0.25, -0.2) is 0 Å². The van der Waals surface area contributed by atoms with Crippen LogP contribution in [0.1, 0.15) is 59.3 Å². The first kappa shape index (κ1) is 14.8. The minimum absolute atomic E-state index is 0.0133. The summed E-state index contributed by atoms with van der Waals surface area (Å²) in [6.07, 6.45) is 7.23.